The van der Waals surface area contributed by atoms with Crippen LogP contribution in [0.15, 0.2) is 17.9 Å². The second kappa shape index (κ2) is 3.80. The van der Waals surface area contributed by atoms with E-state index in [9.17, 15) is 0 Å². The highest BCUT2D eigenvalue weighted by molar-refractivity contribution is 7.16. The van der Waals surface area contributed by atoms with E-state index in [1.54, 1.807) is 23.9 Å². The smallest absolute Gasteiger partial charge is 0.126 e. The van der Waals surface area contributed by atoms with Gasteiger partial charge in [-0.1, -0.05) is 0 Å². The number of thiophene rings is 1. The minimum Gasteiger partial charge on any atom is -0.326 e. The van der Waals surface area contributed by atoms with Crippen LogP contribution in [-0.4, -0.2) is 9.97 Å². The minimum atomic E-state index is 0. The zero-order chi connectivity index (χ0) is 7.68. The second-order valence-electron chi connectivity index (χ2n) is 2.21. The molecule has 0 fully saturated rings. The van der Waals surface area contributed by atoms with Gasteiger partial charge in [-0.3, -0.25) is 0 Å². The van der Waals surface area contributed by atoms with Crippen LogP contribution in [0.3, 0.4) is 0 Å². The van der Waals surface area contributed by atoms with Gasteiger partial charge in [0.15, 0.2) is 0 Å². The van der Waals surface area contributed by atoms with Gasteiger partial charge >= 0.3 is 0 Å². The third kappa shape index (κ3) is 1.41. The quantitative estimate of drug-likeness (QED) is 0.762. The second-order valence-corrected chi connectivity index (χ2v) is 3.06. The van der Waals surface area contributed by atoms with E-state index in [1.165, 1.54) is 0 Å². The van der Waals surface area contributed by atoms with Crippen LogP contribution in [0, 0.1) is 0 Å². The van der Waals surface area contributed by atoms with Crippen molar-refractivity contribution in [1.29, 1.82) is 0 Å². The van der Waals surface area contributed by atoms with E-state index in [4.69, 9.17) is 5.73 Å². The first-order chi connectivity index (χ1) is 5.42. The lowest BCUT2D eigenvalue weighted by atomic mass is 10.2. The molecule has 0 amide bonds. The number of hydrogen-bond donors (Lipinski definition) is 1. The van der Waals surface area contributed by atoms with Gasteiger partial charge in [0.1, 0.15) is 11.2 Å². The van der Waals surface area contributed by atoms with Gasteiger partial charge in [-0.05, 0) is 10.9 Å². The lowest BCUT2D eigenvalue weighted by Gasteiger charge is -1.89. The van der Waals surface area contributed by atoms with Crippen LogP contribution in [-0.2, 0) is 6.54 Å². The molecule has 0 radical (unpaired) electrons. The predicted molar refractivity (Wildman–Crippen MR) is 52.6 cm³/mol. The van der Waals surface area contributed by atoms with Gasteiger partial charge in [0.25, 0.3) is 0 Å². The van der Waals surface area contributed by atoms with E-state index >= 15 is 0 Å². The lowest BCUT2D eigenvalue weighted by molar-refractivity contribution is 1.09. The highest BCUT2D eigenvalue weighted by Gasteiger charge is 2.01. The number of aromatic nitrogens is 2. The van der Waals surface area contributed by atoms with Crippen molar-refractivity contribution in [1.82, 2.24) is 9.97 Å². The maximum absolute atomic E-state index is 5.51. The SMILES string of the molecule is Cl.NCc1csc2ncncc12. The number of nitrogens with two attached hydrogens (primary N) is 1. The molecule has 2 rings (SSSR count). The zero-order valence-electron chi connectivity index (χ0n) is 6.23. The van der Waals surface area contributed by atoms with E-state index in [2.05, 4.69) is 9.97 Å². The first-order valence-corrected chi connectivity index (χ1v) is 4.16. The van der Waals surface area contributed by atoms with Crippen molar-refractivity contribution in [3.63, 3.8) is 0 Å². The van der Waals surface area contributed by atoms with Crippen LogP contribution in [0.1, 0.15) is 5.56 Å². The Morgan fingerprint density at radius 2 is 2.33 bits per heavy atom. The molecule has 3 nitrogen and oxygen atoms in total. The highest BCUT2D eigenvalue weighted by atomic mass is 35.5. The molecule has 0 spiro atoms. The van der Waals surface area contributed by atoms with E-state index < -0.39 is 0 Å². The maximum atomic E-state index is 5.51. The number of nitrogens with zero attached hydrogens (tertiary/aromatic N) is 2. The third-order valence-electron chi connectivity index (χ3n) is 1.55. The summed E-state index contributed by atoms with van der Waals surface area (Å²) in [6, 6.07) is 0. The Hall–Kier alpha value is -0.710. The summed E-state index contributed by atoms with van der Waals surface area (Å²) in [6.45, 7) is 0.563. The molecule has 64 valence electrons. The molecule has 2 heterocycles. The third-order valence-corrected chi connectivity index (χ3v) is 2.51. The standard InChI is InChI=1S/C7H7N3S.ClH/c8-1-5-3-11-7-6(5)2-9-4-10-7;/h2-4H,1,8H2;1H. The fourth-order valence-corrected chi connectivity index (χ4v) is 1.88. The van der Waals surface area contributed by atoms with Gasteiger partial charge in [-0.25, -0.2) is 9.97 Å². The molecule has 0 saturated carbocycles. The molecule has 0 aliphatic rings. The molecular weight excluding hydrogens is 194 g/mol. The molecule has 2 aromatic rings. The van der Waals surface area contributed by atoms with Crippen LogP contribution in [0.25, 0.3) is 10.2 Å². The predicted octanol–water partition coefficient (Wildman–Crippen LogP) is 1.57. The molecule has 0 unspecified atom stereocenters. The molecule has 2 N–H and O–H groups in total. The molecule has 5 heteroatoms. The molecule has 0 atom stereocenters. The van der Waals surface area contributed by atoms with E-state index in [1.807, 2.05) is 5.38 Å². The van der Waals surface area contributed by atoms with Crippen LogP contribution < -0.4 is 5.73 Å². The Kier molecular flexibility index (Phi) is 2.97. The topological polar surface area (TPSA) is 51.8 Å². The number of hydrogen-bond acceptors (Lipinski definition) is 4. The summed E-state index contributed by atoms with van der Waals surface area (Å²) in [7, 11) is 0. The minimum absolute atomic E-state index is 0. The van der Waals surface area contributed by atoms with E-state index in [0.29, 0.717) is 6.54 Å². The summed E-state index contributed by atoms with van der Waals surface area (Å²) < 4.78 is 0. The number of halogens is 1. The molecule has 2 aromatic heterocycles. The largest absolute Gasteiger partial charge is 0.326 e. The Balaban J connectivity index is 0.000000720. The van der Waals surface area contributed by atoms with Crippen molar-refractivity contribution < 1.29 is 0 Å². The summed E-state index contributed by atoms with van der Waals surface area (Å²) >= 11 is 1.61. The van der Waals surface area contributed by atoms with Crippen molar-refractivity contribution in [3.8, 4) is 0 Å². The van der Waals surface area contributed by atoms with Gasteiger partial charge in [0.2, 0.25) is 0 Å². The van der Waals surface area contributed by atoms with Crippen LogP contribution in [0.5, 0.6) is 0 Å². The van der Waals surface area contributed by atoms with E-state index in [-0.39, 0.29) is 12.4 Å². The summed E-state index contributed by atoms with van der Waals surface area (Å²) in [5, 5.41) is 3.11. The van der Waals surface area contributed by atoms with Gasteiger partial charge in [0, 0.05) is 18.1 Å². The van der Waals surface area contributed by atoms with Crippen molar-refractivity contribution in [3.05, 3.63) is 23.5 Å². The normalized spacial score (nSPS) is 9.75. The molecular formula is C7H8ClN3S. The van der Waals surface area contributed by atoms with Crippen LogP contribution in [0.4, 0.5) is 0 Å². The number of fused-ring (bicyclic) bond motifs is 1. The Morgan fingerprint density at radius 3 is 3.08 bits per heavy atom. The zero-order valence-corrected chi connectivity index (χ0v) is 7.86. The Bertz CT molecular complexity index is 373. The molecule has 12 heavy (non-hydrogen) atoms. The molecule has 0 aromatic carbocycles. The molecule has 0 bridgehead atoms. The monoisotopic (exact) mass is 201 g/mol. The average molecular weight is 202 g/mol. The highest BCUT2D eigenvalue weighted by Crippen LogP contribution is 2.21. The lowest BCUT2D eigenvalue weighted by Crippen LogP contribution is -1.94. The fraction of sp³-hybridized carbons (Fsp3) is 0.143. The van der Waals surface area contributed by atoms with Crippen LogP contribution >= 0.6 is 23.7 Å². The fourth-order valence-electron chi connectivity index (χ4n) is 0.981. The summed E-state index contributed by atoms with van der Waals surface area (Å²) in [5.74, 6) is 0. The Labute approximate surface area is 80.1 Å². The van der Waals surface area contributed by atoms with Gasteiger partial charge in [0.05, 0.1) is 0 Å². The summed E-state index contributed by atoms with van der Waals surface area (Å²) in [5.41, 5.74) is 6.64. The molecule has 0 aliphatic carbocycles. The maximum Gasteiger partial charge on any atom is 0.126 e. The molecule has 0 aliphatic heterocycles. The van der Waals surface area contributed by atoms with Crippen molar-refractivity contribution in [2.75, 3.05) is 0 Å². The summed E-state index contributed by atoms with van der Waals surface area (Å²) in [6.07, 6.45) is 3.36. The van der Waals surface area contributed by atoms with Gasteiger partial charge in [-0.15, -0.1) is 23.7 Å². The van der Waals surface area contributed by atoms with Gasteiger partial charge < -0.3 is 5.73 Å². The van der Waals surface area contributed by atoms with Crippen molar-refractivity contribution in [2.45, 2.75) is 6.54 Å². The van der Waals surface area contributed by atoms with E-state index in [0.717, 1.165) is 15.8 Å². The first-order valence-electron chi connectivity index (χ1n) is 3.28. The number of rotatable bonds is 1. The van der Waals surface area contributed by atoms with Crippen LogP contribution in [0.2, 0.25) is 0 Å². The van der Waals surface area contributed by atoms with Crippen molar-refractivity contribution >= 4 is 34.0 Å². The van der Waals surface area contributed by atoms with Crippen molar-refractivity contribution in [2.24, 2.45) is 5.73 Å². The summed E-state index contributed by atoms with van der Waals surface area (Å²) in [4.78, 5) is 9.05. The first kappa shape index (κ1) is 9.38. The molecule has 0 saturated heterocycles. The van der Waals surface area contributed by atoms with Gasteiger partial charge in [-0.2, -0.15) is 0 Å². The average Bonchev–Trinajstić information content (AvgIpc) is 2.47. The Morgan fingerprint density at radius 1 is 1.50 bits per heavy atom.